The molecule has 3 aromatic heterocycles. The van der Waals surface area contributed by atoms with E-state index in [-0.39, 0.29) is 0 Å². The van der Waals surface area contributed by atoms with Gasteiger partial charge in [-0.1, -0.05) is 37.3 Å². The quantitative estimate of drug-likeness (QED) is 0.0922. The van der Waals surface area contributed by atoms with Crippen LogP contribution in [0.25, 0.3) is 32.9 Å². The number of methoxy groups -OCH3 is 1. The molecular weight excluding hydrogens is 516 g/mol. The topological polar surface area (TPSA) is 41.9 Å². The third-order valence-electron chi connectivity index (χ3n) is 7.54. The molecule has 2 aromatic carbocycles. The van der Waals surface area contributed by atoms with Crippen LogP contribution < -0.4 is 19.2 Å². The van der Waals surface area contributed by atoms with Crippen molar-refractivity contribution < 1.29 is 13.9 Å². The number of nitrogens with one attached hydrogen (secondary N) is 1. The first-order valence-electron chi connectivity index (χ1n) is 14.4. The Kier molecular flexibility index (Phi) is 9.46. The van der Waals surface area contributed by atoms with Crippen molar-refractivity contribution in [3.8, 4) is 16.9 Å². The number of unbranched alkanes of at least 4 members (excludes halogenated alkanes) is 6. The fourth-order valence-electron chi connectivity index (χ4n) is 5.22. The summed E-state index contributed by atoms with van der Waals surface area (Å²) in [6.07, 6.45) is 17.3. The summed E-state index contributed by atoms with van der Waals surface area (Å²) in [5.74, 6) is 0.836. The minimum Gasteiger partial charge on any atom is -0.497 e. The third kappa shape index (κ3) is 7.08. The van der Waals surface area contributed by atoms with Crippen molar-refractivity contribution in [3.63, 3.8) is 0 Å². The summed E-state index contributed by atoms with van der Waals surface area (Å²) in [6, 6.07) is 20.7. The first-order chi connectivity index (χ1) is 19.6. The summed E-state index contributed by atoms with van der Waals surface area (Å²) in [6.45, 7) is 2.01. The van der Waals surface area contributed by atoms with E-state index in [1.54, 1.807) is 7.11 Å². The highest BCUT2D eigenvalue weighted by molar-refractivity contribution is 6.31. The van der Waals surface area contributed by atoms with Crippen LogP contribution in [0, 0.1) is 0 Å². The zero-order valence-electron chi connectivity index (χ0n) is 23.6. The Morgan fingerprint density at radius 3 is 2.12 bits per heavy atom. The lowest BCUT2D eigenvalue weighted by molar-refractivity contribution is -0.697. The maximum absolute atomic E-state index is 6.26. The van der Waals surface area contributed by atoms with E-state index in [2.05, 4.69) is 75.6 Å². The molecule has 0 aliphatic rings. The van der Waals surface area contributed by atoms with Gasteiger partial charge in [0.2, 0.25) is 0 Å². The monoisotopic (exact) mass is 554 g/mol. The number of hydrogen-bond acceptors (Lipinski definition) is 3. The van der Waals surface area contributed by atoms with Crippen molar-refractivity contribution in [2.45, 2.75) is 51.5 Å². The van der Waals surface area contributed by atoms with Crippen molar-refractivity contribution in [1.29, 1.82) is 0 Å². The predicted molar refractivity (Wildman–Crippen MR) is 165 cm³/mol. The molecule has 206 valence electrons. The molecule has 0 unspecified atom stereocenters. The molecule has 0 aliphatic heterocycles. The molecule has 1 N–H and O–H groups in total. The van der Waals surface area contributed by atoms with Crippen molar-refractivity contribution in [1.82, 2.24) is 4.98 Å². The maximum Gasteiger partial charge on any atom is 0.169 e. The fourth-order valence-corrected chi connectivity index (χ4v) is 5.39. The third-order valence-corrected chi connectivity index (χ3v) is 7.78. The van der Waals surface area contributed by atoms with E-state index < -0.39 is 0 Å². The molecule has 40 heavy (non-hydrogen) atoms. The predicted octanol–water partition coefficient (Wildman–Crippen LogP) is 7.67. The molecule has 0 fully saturated rings. The number of halogens is 1. The molecular formula is C34H39ClN4O+2. The zero-order chi connectivity index (χ0) is 27.7. The summed E-state index contributed by atoms with van der Waals surface area (Å²) in [7, 11) is 3.74. The number of pyridine rings is 3. The lowest BCUT2D eigenvalue weighted by Gasteiger charge is -2.14. The Morgan fingerprint density at radius 1 is 0.725 bits per heavy atom. The number of hydrogen-bond donors (Lipinski definition) is 1. The Bertz CT molecular complexity index is 1550. The molecule has 6 heteroatoms. The van der Waals surface area contributed by atoms with Gasteiger partial charge < -0.3 is 10.1 Å². The zero-order valence-corrected chi connectivity index (χ0v) is 24.3. The van der Waals surface area contributed by atoms with Gasteiger partial charge in [0, 0.05) is 53.0 Å². The summed E-state index contributed by atoms with van der Waals surface area (Å²) in [4.78, 5) is 4.82. The second kappa shape index (κ2) is 13.6. The van der Waals surface area contributed by atoms with Crippen LogP contribution in [-0.2, 0) is 13.6 Å². The number of aromatic nitrogens is 3. The van der Waals surface area contributed by atoms with Crippen LogP contribution in [0.15, 0.2) is 85.5 Å². The van der Waals surface area contributed by atoms with Gasteiger partial charge in [-0.2, -0.15) is 0 Å². The van der Waals surface area contributed by atoms with E-state index in [9.17, 15) is 0 Å². The molecule has 0 radical (unpaired) electrons. The van der Waals surface area contributed by atoms with Crippen molar-refractivity contribution in [2.75, 3.05) is 19.0 Å². The largest absolute Gasteiger partial charge is 0.497 e. The molecule has 0 saturated carbocycles. The van der Waals surface area contributed by atoms with Gasteiger partial charge >= 0.3 is 0 Å². The minimum atomic E-state index is 0.702. The van der Waals surface area contributed by atoms with Crippen LogP contribution in [0.4, 0.5) is 5.69 Å². The second-order valence-electron chi connectivity index (χ2n) is 10.5. The van der Waals surface area contributed by atoms with E-state index in [0.29, 0.717) is 5.02 Å². The number of aryl methyl sites for hydroxylation is 2. The van der Waals surface area contributed by atoms with Crippen LogP contribution in [0.2, 0.25) is 5.02 Å². The number of nitrogens with zero attached hydrogens (tertiary/aromatic N) is 3. The fraction of sp³-hybridized carbons (Fsp3) is 0.324. The van der Waals surface area contributed by atoms with E-state index >= 15 is 0 Å². The maximum atomic E-state index is 6.26. The van der Waals surface area contributed by atoms with Crippen molar-refractivity contribution in [2.24, 2.45) is 7.05 Å². The number of ether oxygens (including phenoxy) is 1. The van der Waals surface area contributed by atoms with Crippen molar-refractivity contribution in [3.05, 3.63) is 90.5 Å². The molecule has 0 bridgehead atoms. The van der Waals surface area contributed by atoms with Gasteiger partial charge in [0.25, 0.3) is 0 Å². The van der Waals surface area contributed by atoms with Gasteiger partial charge in [-0.3, -0.25) is 0 Å². The first kappa shape index (κ1) is 27.9. The SMILES string of the molecule is COc1ccc2nc3cc(Cl)ccc3c(NCCCCCCCCC[n+]3ccc(-c4cc[n+](C)cc4)cc3)c2c1. The standard InChI is InChI=1S/C34H39ClN4O/c1-38-20-14-26(15-21-38)27-16-22-39(23-17-27)19-9-7-5-3-4-6-8-18-36-34-30-12-10-28(35)24-33(30)37-32-13-11-29(40-2)25-31(32)34/h10-17,20-25H,3-9,18-19H2,1-2H3,(H,36,37)/q+2. The molecule has 5 aromatic rings. The smallest absolute Gasteiger partial charge is 0.169 e. The molecule has 0 saturated heterocycles. The van der Waals surface area contributed by atoms with Crippen LogP contribution in [-0.4, -0.2) is 18.6 Å². The molecule has 0 aliphatic carbocycles. The average Bonchev–Trinajstić information content (AvgIpc) is 2.98. The van der Waals surface area contributed by atoms with Crippen LogP contribution in [0.5, 0.6) is 5.75 Å². The van der Waals surface area contributed by atoms with Gasteiger partial charge in [-0.15, -0.1) is 0 Å². The van der Waals surface area contributed by atoms with Crippen LogP contribution in [0.1, 0.15) is 44.9 Å². The summed E-state index contributed by atoms with van der Waals surface area (Å²) in [5, 5.41) is 6.58. The number of rotatable bonds is 13. The lowest BCUT2D eigenvalue weighted by Crippen LogP contribution is -2.32. The second-order valence-corrected chi connectivity index (χ2v) is 10.9. The van der Waals surface area contributed by atoms with E-state index in [1.807, 2.05) is 31.3 Å². The van der Waals surface area contributed by atoms with Gasteiger partial charge in [-0.05, 0) is 60.4 Å². The first-order valence-corrected chi connectivity index (χ1v) is 14.7. The summed E-state index contributed by atoms with van der Waals surface area (Å²) < 4.78 is 9.84. The number of benzene rings is 2. The van der Waals surface area contributed by atoms with E-state index in [0.717, 1.165) is 52.8 Å². The van der Waals surface area contributed by atoms with Gasteiger partial charge in [0.1, 0.15) is 19.3 Å². The molecule has 3 heterocycles. The Balaban J connectivity index is 1.03. The summed E-state index contributed by atoms with van der Waals surface area (Å²) >= 11 is 6.26. The molecule has 0 spiro atoms. The van der Waals surface area contributed by atoms with Crippen LogP contribution in [0.3, 0.4) is 0 Å². The van der Waals surface area contributed by atoms with Gasteiger partial charge in [0.15, 0.2) is 24.8 Å². The van der Waals surface area contributed by atoms with Crippen LogP contribution >= 0.6 is 11.6 Å². The van der Waals surface area contributed by atoms with Crippen molar-refractivity contribution >= 4 is 39.1 Å². The molecule has 0 atom stereocenters. The molecule has 5 nitrogen and oxygen atoms in total. The number of fused-ring (bicyclic) bond motifs is 2. The summed E-state index contributed by atoms with van der Waals surface area (Å²) in [5.41, 5.74) is 5.48. The van der Waals surface area contributed by atoms with E-state index in [1.165, 1.54) is 49.7 Å². The highest BCUT2D eigenvalue weighted by Gasteiger charge is 2.11. The molecule has 0 amide bonds. The minimum absolute atomic E-state index is 0.702. The Hall–Kier alpha value is -3.70. The van der Waals surface area contributed by atoms with E-state index in [4.69, 9.17) is 21.3 Å². The normalized spacial score (nSPS) is 11.3. The highest BCUT2D eigenvalue weighted by Crippen LogP contribution is 2.34. The molecule has 5 rings (SSSR count). The Labute approximate surface area is 242 Å². The lowest BCUT2D eigenvalue weighted by atomic mass is 10.1. The average molecular weight is 555 g/mol. The Morgan fingerprint density at radius 2 is 1.40 bits per heavy atom. The number of anilines is 1. The van der Waals surface area contributed by atoms with Gasteiger partial charge in [-0.25, -0.2) is 14.1 Å². The highest BCUT2D eigenvalue weighted by atomic mass is 35.5. The van der Waals surface area contributed by atoms with Gasteiger partial charge in [0.05, 0.1) is 23.8 Å².